The summed E-state index contributed by atoms with van der Waals surface area (Å²) in [7, 11) is 0. The minimum Gasteiger partial charge on any atom is -0.512 e. The lowest BCUT2D eigenvalue weighted by molar-refractivity contribution is 0.325. The molecule has 0 aromatic heterocycles. The molecule has 0 spiro atoms. The molecule has 104 valence electrons. The highest BCUT2D eigenvalue weighted by atomic mass is 32.1. The number of allylic oxidation sites excluding steroid dienone is 1. The van der Waals surface area contributed by atoms with Crippen molar-refractivity contribution in [2.75, 3.05) is 0 Å². The van der Waals surface area contributed by atoms with E-state index in [1.807, 2.05) is 24.3 Å². The third kappa shape index (κ3) is 2.92. The van der Waals surface area contributed by atoms with Crippen LogP contribution in [0.15, 0.2) is 60.1 Å². The van der Waals surface area contributed by atoms with Crippen molar-refractivity contribution >= 4 is 17.3 Å². The van der Waals surface area contributed by atoms with Crippen molar-refractivity contribution < 1.29 is 24.8 Å². The van der Waals surface area contributed by atoms with Crippen molar-refractivity contribution in [3.63, 3.8) is 0 Å². The number of aliphatic hydroxyl groups excluding tert-OH is 3. The average molecular weight is 292 g/mol. The van der Waals surface area contributed by atoms with Crippen LogP contribution >= 0.6 is 12.2 Å². The molecule has 3 rings (SSSR count). The number of ether oxygens (including phenoxy) is 2. The summed E-state index contributed by atoms with van der Waals surface area (Å²) < 4.78 is 9.75. The maximum atomic E-state index is 8.82. The molecule has 0 atom stereocenters. The fraction of sp³-hybridized carbons (Fsp3) is 0.0714. The number of para-hydroxylation sites is 1. The molecule has 0 fully saturated rings. The van der Waals surface area contributed by atoms with Crippen LogP contribution in [0.25, 0.3) is 0 Å². The van der Waals surface area contributed by atoms with Crippen molar-refractivity contribution in [3.05, 3.63) is 65.7 Å². The molecule has 2 aliphatic rings. The Morgan fingerprint density at radius 1 is 1.15 bits per heavy atom. The van der Waals surface area contributed by atoms with Gasteiger partial charge in [-0.15, -0.1) is 0 Å². The summed E-state index contributed by atoms with van der Waals surface area (Å²) in [5.41, 5.74) is 1.27. The topological polar surface area (TPSA) is 79.2 Å². The van der Waals surface area contributed by atoms with Gasteiger partial charge in [-0.2, -0.15) is 0 Å². The largest absolute Gasteiger partial charge is 0.512 e. The molecule has 5 nitrogen and oxygen atoms in total. The summed E-state index contributed by atoms with van der Waals surface area (Å²) in [6.07, 6.45) is 5.27. The molecule has 0 aliphatic carbocycles. The van der Waals surface area contributed by atoms with Crippen LogP contribution < -0.4 is 4.74 Å². The molecule has 3 N–H and O–H groups in total. The van der Waals surface area contributed by atoms with E-state index in [2.05, 4.69) is 23.0 Å². The highest BCUT2D eigenvalue weighted by Crippen LogP contribution is 2.22. The quantitative estimate of drug-likeness (QED) is 0.503. The lowest BCUT2D eigenvalue weighted by Crippen LogP contribution is -1.94. The molecule has 20 heavy (non-hydrogen) atoms. The third-order valence-corrected chi connectivity index (χ3v) is 2.85. The molecule has 0 saturated heterocycles. The van der Waals surface area contributed by atoms with E-state index in [9.17, 15) is 0 Å². The molecule has 0 amide bonds. The van der Waals surface area contributed by atoms with E-state index in [-0.39, 0.29) is 10.8 Å². The molecule has 2 heterocycles. The van der Waals surface area contributed by atoms with Crippen molar-refractivity contribution in [2.45, 2.75) is 6.42 Å². The molecule has 2 aliphatic heterocycles. The van der Waals surface area contributed by atoms with Crippen LogP contribution in [0.3, 0.4) is 0 Å². The molecule has 1 aromatic rings. The van der Waals surface area contributed by atoms with Gasteiger partial charge in [0.05, 0.1) is 6.26 Å². The van der Waals surface area contributed by atoms with Gasteiger partial charge in [-0.3, -0.25) is 0 Å². The Balaban J connectivity index is 0.000000147. The molecule has 0 bridgehead atoms. The highest BCUT2D eigenvalue weighted by Gasteiger charge is 2.26. The van der Waals surface area contributed by atoms with Gasteiger partial charge in [0.25, 0.3) is 0 Å². The standard InChI is InChI=1S/C9H8O.C5H4O4S/c1-2-6-9-8(4-1)5-3-7-10-9;6-1-2-3(7)4(8)5(10)9-2/h1-4,6-7H,5H2;1,6-8H. The van der Waals surface area contributed by atoms with Gasteiger partial charge < -0.3 is 24.8 Å². The first kappa shape index (κ1) is 14.0. The van der Waals surface area contributed by atoms with Crippen LogP contribution in [0.1, 0.15) is 5.56 Å². The fourth-order valence-corrected chi connectivity index (χ4v) is 1.77. The third-order valence-electron chi connectivity index (χ3n) is 2.57. The number of rotatable bonds is 0. The van der Waals surface area contributed by atoms with E-state index in [0.717, 1.165) is 12.2 Å². The maximum Gasteiger partial charge on any atom is 0.237 e. The minimum atomic E-state index is -0.535. The van der Waals surface area contributed by atoms with Gasteiger partial charge in [-0.1, -0.05) is 18.2 Å². The Labute approximate surface area is 120 Å². The van der Waals surface area contributed by atoms with Crippen LogP contribution in [0, 0.1) is 0 Å². The molecule has 0 radical (unpaired) electrons. The predicted octanol–water partition coefficient (Wildman–Crippen LogP) is 3.21. The van der Waals surface area contributed by atoms with E-state index < -0.39 is 11.5 Å². The molecule has 0 unspecified atom stereocenters. The van der Waals surface area contributed by atoms with Gasteiger partial charge in [0.15, 0.2) is 0 Å². The summed E-state index contributed by atoms with van der Waals surface area (Å²) >= 11 is 4.42. The van der Waals surface area contributed by atoms with Gasteiger partial charge in [-0.25, -0.2) is 0 Å². The number of fused-ring (bicyclic) bond motifs is 1. The first-order valence-corrected chi connectivity index (χ1v) is 6.13. The summed E-state index contributed by atoms with van der Waals surface area (Å²) in [5, 5.41) is 25.7. The van der Waals surface area contributed by atoms with Crippen LogP contribution in [-0.2, 0) is 11.2 Å². The lowest BCUT2D eigenvalue weighted by Gasteiger charge is -2.09. The van der Waals surface area contributed by atoms with Gasteiger partial charge in [0.1, 0.15) is 12.0 Å². The summed E-state index contributed by atoms with van der Waals surface area (Å²) in [4.78, 5) is 0. The number of benzene rings is 1. The summed E-state index contributed by atoms with van der Waals surface area (Å²) in [6, 6.07) is 8.08. The van der Waals surface area contributed by atoms with E-state index >= 15 is 0 Å². The molecular weight excluding hydrogens is 280 g/mol. The molecule has 1 aromatic carbocycles. The molecular formula is C14H12O5S. The number of hydrogen-bond acceptors (Lipinski definition) is 6. The van der Waals surface area contributed by atoms with Gasteiger partial charge in [0.2, 0.25) is 22.3 Å². The second-order valence-electron chi connectivity index (χ2n) is 3.88. The number of hydrogen-bond donors (Lipinski definition) is 3. The monoisotopic (exact) mass is 292 g/mol. The van der Waals surface area contributed by atoms with Crippen LogP contribution in [-0.4, -0.2) is 20.4 Å². The highest BCUT2D eigenvalue weighted by molar-refractivity contribution is 7.80. The Bertz CT molecular complexity index is 589. The van der Waals surface area contributed by atoms with E-state index in [0.29, 0.717) is 6.26 Å². The summed E-state index contributed by atoms with van der Waals surface area (Å²) in [6.45, 7) is 0. The fourth-order valence-electron chi connectivity index (χ4n) is 1.58. The Morgan fingerprint density at radius 3 is 2.45 bits per heavy atom. The van der Waals surface area contributed by atoms with Crippen molar-refractivity contribution in [1.29, 1.82) is 0 Å². The minimum absolute atomic E-state index is 0.234. The van der Waals surface area contributed by atoms with Crippen molar-refractivity contribution in [3.8, 4) is 5.75 Å². The van der Waals surface area contributed by atoms with Gasteiger partial charge in [-0.05, 0) is 36.3 Å². The number of aliphatic hydroxyl groups is 3. The van der Waals surface area contributed by atoms with E-state index in [1.54, 1.807) is 6.26 Å². The van der Waals surface area contributed by atoms with Gasteiger partial charge >= 0.3 is 0 Å². The molecule has 0 saturated carbocycles. The first-order chi connectivity index (χ1) is 9.63. The smallest absolute Gasteiger partial charge is 0.237 e. The molecule has 6 heteroatoms. The zero-order valence-electron chi connectivity index (χ0n) is 10.3. The zero-order chi connectivity index (χ0) is 14.5. The SMILES string of the molecule is C1=COc2ccccc2C1.OC=C1OC(=S)C(O)=C1O. The number of thiocarbonyl (C=S) groups is 1. The van der Waals surface area contributed by atoms with Gasteiger partial charge in [0, 0.05) is 0 Å². The second-order valence-corrected chi connectivity index (χ2v) is 4.25. The average Bonchev–Trinajstić information content (AvgIpc) is 2.75. The normalized spacial score (nSPS) is 18.0. The van der Waals surface area contributed by atoms with Crippen LogP contribution in [0.2, 0.25) is 0 Å². The van der Waals surface area contributed by atoms with Crippen molar-refractivity contribution in [2.24, 2.45) is 0 Å². The van der Waals surface area contributed by atoms with Crippen molar-refractivity contribution in [1.82, 2.24) is 0 Å². The van der Waals surface area contributed by atoms with E-state index in [4.69, 9.17) is 20.1 Å². The Hall–Kier alpha value is -2.47. The Morgan fingerprint density at radius 2 is 1.90 bits per heavy atom. The van der Waals surface area contributed by atoms with E-state index in [1.165, 1.54) is 5.56 Å². The second kappa shape index (κ2) is 6.12. The summed E-state index contributed by atoms with van der Waals surface area (Å²) in [5.74, 6) is -0.296. The maximum absolute atomic E-state index is 8.82. The predicted molar refractivity (Wildman–Crippen MR) is 76.6 cm³/mol. The van der Waals surface area contributed by atoms with Crippen LogP contribution in [0.5, 0.6) is 5.75 Å². The lowest BCUT2D eigenvalue weighted by atomic mass is 10.1. The first-order valence-electron chi connectivity index (χ1n) is 5.72. The van der Waals surface area contributed by atoms with Crippen LogP contribution in [0.4, 0.5) is 0 Å². The zero-order valence-corrected chi connectivity index (χ0v) is 11.1. The Kier molecular flexibility index (Phi) is 4.27.